The van der Waals surface area contributed by atoms with Crippen molar-refractivity contribution in [1.82, 2.24) is 15.1 Å². The summed E-state index contributed by atoms with van der Waals surface area (Å²) in [7, 11) is 0. The van der Waals surface area contributed by atoms with Gasteiger partial charge in [-0.2, -0.15) is 0 Å². The van der Waals surface area contributed by atoms with Crippen molar-refractivity contribution in [2.75, 3.05) is 45.9 Å². The van der Waals surface area contributed by atoms with Crippen molar-refractivity contribution in [1.29, 1.82) is 0 Å². The van der Waals surface area contributed by atoms with Crippen LogP contribution in [0.1, 0.15) is 25.3 Å². The lowest BCUT2D eigenvalue weighted by molar-refractivity contribution is -0.121. The Morgan fingerprint density at radius 1 is 1.33 bits per heavy atom. The molecule has 4 atom stereocenters. The number of cyclic esters (lactones) is 1. The molecule has 4 rings (SSSR count). The van der Waals surface area contributed by atoms with E-state index in [2.05, 4.69) is 42.3 Å². The number of carbonyl (C=O) groups excluding carboxylic acids is 2. The fourth-order valence-corrected chi connectivity index (χ4v) is 5.17. The number of nitrogens with zero attached hydrogens (tertiary/aromatic N) is 2. The second-order valence-electron chi connectivity index (χ2n) is 8.94. The van der Waals surface area contributed by atoms with E-state index in [0.29, 0.717) is 26.2 Å². The zero-order valence-corrected chi connectivity index (χ0v) is 17.7. The molecule has 3 fully saturated rings. The van der Waals surface area contributed by atoms with Gasteiger partial charge in [0.15, 0.2) is 0 Å². The molecule has 1 spiro atoms. The van der Waals surface area contributed by atoms with Crippen molar-refractivity contribution in [2.24, 2.45) is 11.3 Å². The van der Waals surface area contributed by atoms with Crippen LogP contribution in [0.2, 0.25) is 0 Å². The summed E-state index contributed by atoms with van der Waals surface area (Å²) in [5.41, 5.74) is 2.24. The topological polar surface area (TPSA) is 82.1 Å². The zero-order valence-electron chi connectivity index (χ0n) is 17.7. The van der Waals surface area contributed by atoms with E-state index in [1.54, 1.807) is 0 Å². The SMILES string of the molecule is CC(C)=CCN1C[C@@H](O)[C@@]2(C1)[C@H](CNC(=O)CN1CCOC1=O)[C@H]2c1ccccc1. The van der Waals surface area contributed by atoms with Gasteiger partial charge in [0.05, 0.1) is 12.6 Å². The number of aliphatic hydroxyl groups excluding tert-OH is 1. The first-order chi connectivity index (χ1) is 14.4. The van der Waals surface area contributed by atoms with Gasteiger partial charge in [0.1, 0.15) is 13.2 Å². The molecule has 162 valence electrons. The van der Waals surface area contributed by atoms with Crippen molar-refractivity contribution in [2.45, 2.75) is 25.9 Å². The average Bonchev–Trinajstić information content (AvgIpc) is 2.97. The maximum Gasteiger partial charge on any atom is 0.410 e. The first kappa shape index (κ1) is 20.9. The lowest BCUT2D eigenvalue weighted by atomic mass is 9.95. The lowest BCUT2D eigenvalue weighted by Gasteiger charge is -2.16. The van der Waals surface area contributed by atoms with Crippen LogP contribution < -0.4 is 5.32 Å². The summed E-state index contributed by atoms with van der Waals surface area (Å²) >= 11 is 0. The molecule has 2 saturated heterocycles. The summed E-state index contributed by atoms with van der Waals surface area (Å²) in [5, 5.41) is 14.0. The Kier molecular flexibility index (Phi) is 5.84. The van der Waals surface area contributed by atoms with Gasteiger partial charge in [0.25, 0.3) is 0 Å². The fourth-order valence-electron chi connectivity index (χ4n) is 5.17. The van der Waals surface area contributed by atoms with Crippen molar-refractivity contribution in [3.05, 3.63) is 47.5 Å². The molecule has 1 aromatic carbocycles. The van der Waals surface area contributed by atoms with Gasteiger partial charge in [0, 0.05) is 31.6 Å². The molecule has 0 aromatic heterocycles. The van der Waals surface area contributed by atoms with Crippen LogP contribution in [0.25, 0.3) is 0 Å². The normalized spacial score (nSPS) is 30.4. The maximum absolute atomic E-state index is 12.4. The van der Waals surface area contributed by atoms with Crippen molar-refractivity contribution in [3.63, 3.8) is 0 Å². The van der Waals surface area contributed by atoms with E-state index in [-0.39, 0.29) is 29.7 Å². The van der Waals surface area contributed by atoms with Gasteiger partial charge in [-0.1, -0.05) is 42.0 Å². The number of hydrogen-bond donors (Lipinski definition) is 2. The standard InChI is InChI=1S/C23H31N3O4/c1-16(2)8-9-25-13-19(27)23(15-25)18(21(23)17-6-4-3-5-7-17)12-24-20(28)14-26-10-11-30-22(26)29/h3-8,18-19,21,27H,9-15H2,1-2H3,(H,24,28)/t18-,19-,21-,23-/m1/s1. The first-order valence-electron chi connectivity index (χ1n) is 10.7. The van der Waals surface area contributed by atoms with Crippen LogP contribution in [-0.2, 0) is 9.53 Å². The highest BCUT2D eigenvalue weighted by atomic mass is 16.6. The Hall–Kier alpha value is -2.38. The minimum Gasteiger partial charge on any atom is -0.448 e. The molecule has 0 radical (unpaired) electrons. The van der Waals surface area contributed by atoms with E-state index in [1.165, 1.54) is 16.0 Å². The van der Waals surface area contributed by atoms with Crippen LogP contribution in [0.4, 0.5) is 4.79 Å². The van der Waals surface area contributed by atoms with Crippen LogP contribution in [0, 0.1) is 11.3 Å². The fraction of sp³-hybridized carbons (Fsp3) is 0.565. The highest BCUT2D eigenvalue weighted by Gasteiger charge is 2.70. The third kappa shape index (κ3) is 3.96. The Balaban J connectivity index is 1.44. The number of hydrogen-bond acceptors (Lipinski definition) is 5. The second-order valence-corrected chi connectivity index (χ2v) is 8.94. The monoisotopic (exact) mass is 413 g/mol. The number of aliphatic hydroxyl groups is 1. The lowest BCUT2D eigenvalue weighted by Crippen LogP contribution is -2.39. The van der Waals surface area contributed by atoms with Crippen LogP contribution in [-0.4, -0.2) is 78.9 Å². The van der Waals surface area contributed by atoms with Crippen molar-refractivity contribution < 1.29 is 19.4 Å². The number of rotatable bonds is 7. The Labute approximate surface area is 177 Å². The summed E-state index contributed by atoms with van der Waals surface area (Å²) in [6.45, 7) is 7.76. The summed E-state index contributed by atoms with van der Waals surface area (Å²) < 4.78 is 4.88. The smallest absolute Gasteiger partial charge is 0.410 e. The molecule has 1 aromatic rings. The van der Waals surface area contributed by atoms with Gasteiger partial charge >= 0.3 is 6.09 Å². The Morgan fingerprint density at radius 2 is 2.10 bits per heavy atom. The molecule has 0 bridgehead atoms. The second kappa shape index (κ2) is 8.40. The summed E-state index contributed by atoms with van der Waals surface area (Å²) in [6, 6.07) is 10.3. The molecule has 2 amide bonds. The van der Waals surface area contributed by atoms with E-state index in [9.17, 15) is 14.7 Å². The highest BCUT2D eigenvalue weighted by molar-refractivity contribution is 5.82. The summed E-state index contributed by atoms with van der Waals surface area (Å²) in [5.74, 6) is 0.195. The van der Waals surface area contributed by atoms with E-state index in [1.807, 2.05) is 18.2 Å². The van der Waals surface area contributed by atoms with E-state index in [0.717, 1.165) is 13.1 Å². The predicted molar refractivity (Wildman–Crippen MR) is 113 cm³/mol. The molecule has 2 N–H and O–H groups in total. The van der Waals surface area contributed by atoms with Gasteiger partial charge in [-0.3, -0.25) is 14.6 Å². The van der Waals surface area contributed by atoms with Crippen LogP contribution in [0.15, 0.2) is 42.0 Å². The molecule has 3 aliphatic rings. The van der Waals surface area contributed by atoms with E-state index >= 15 is 0 Å². The van der Waals surface area contributed by atoms with Crippen LogP contribution in [0.3, 0.4) is 0 Å². The van der Waals surface area contributed by atoms with Gasteiger partial charge in [-0.15, -0.1) is 0 Å². The van der Waals surface area contributed by atoms with Crippen LogP contribution >= 0.6 is 0 Å². The molecular weight excluding hydrogens is 382 g/mol. The summed E-state index contributed by atoms with van der Waals surface area (Å²) in [4.78, 5) is 27.7. The Morgan fingerprint density at radius 3 is 2.77 bits per heavy atom. The molecular formula is C23H31N3O4. The van der Waals surface area contributed by atoms with Gasteiger partial charge in [0.2, 0.25) is 5.91 Å². The zero-order chi connectivity index (χ0) is 21.3. The number of amides is 2. The number of ether oxygens (including phenoxy) is 1. The van der Waals surface area contributed by atoms with E-state index < -0.39 is 12.2 Å². The average molecular weight is 414 g/mol. The minimum absolute atomic E-state index is 0.0177. The largest absolute Gasteiger partial charge is 0.448 e. The number of allylic oxidation sites excluding steroid dienone is 1. The first-order valence-corrected chi connectivity index (χ1v) is 10.7. The molecule has 7 nitrogen and oxygen atoms in total. The maximum atomic E-state index is 12.4. The third-order valence-electron chi connectivity index (χ3n) is 6.73. The van der Waals surface area contributed by atoms with Gasteiger partial charge < -0.3 is 15.2 Å². The number of likely N-dealkylation sites (tertiary alicyclic amines) is 1. The Bertz CT molecular complexity index is 823. The van der Waals surface area contributed by atoms with Crippen molar-refractivity contribution >= 4 is 12.0 Å². The predicted octanol–water partition coefficient (Wildman–Crippen LogP) is 1.60. The molecule has 7 heteroatoms. The van der Waals surface area contributed by atoms with Crippen LogP contribution in [0.5, 0.6) is 0 Å². The minimum atomic E-state index is -0.434. The molecule has 1 saturated carbocycles. The number of β-amino-alcohol motifs (C(OH)–C–C–N with tert-alkyl or cyclic N) is 1. The molecule has 30 heavy (non-hydrogen) atoms. The van der Waals surface area contributed by atoms with Gasteiger partial charge in [-0.25, -0.2) is 4.79 Å². The quantitative estimate of drug-likeness (QED) is 0.664. The number of benzene rings is 1. The highest BCUT2D eigenvalue weighted by Crippen LogP contribution is 2.68. The molecule has 2 aliphatic heterocycles. The van der Waals surface area contributed by atoms with E-state index in [4.69, 9.17) is 4.74 Å². The van der Waals surface area contributed by atoms with Crippen molar-refractivity contribution in [3.8, 4) is 0 Å². The third-order valence-corrected chi connectivity index (χ3v) is 6.73. The number of carbonyl (C=O) groups is 2. The molecule has 2 heterocycles. The molecule has 0 unspecified atom stereocenters. The molecule has 1 aliphatic carbocycles. The van der Waals surface area contributed by atoms with Gasteiger partial charge in [-0.05, 0) is 31.2 Å². The number of nitrogens with one attached hydrogen (secondary N) is 1. The summed E-state index contributed by atoms with van der Waals surface area (Å²) in [6.07, 6.45) is 1.33.